The summed E-state index contributed by atoms with van der Waals surface area (Å²) in [4.78, 5) is 0. The third-order valence-electron chi connectivity index (χ3n) is 2.80. The van der Waals surface area contributed by atoms with Gasteiger partial charge in [-0.25, -0.2) is 0 Å². The molecule has 0 heterocycles. The molecule has 0 bridgehead atoms. The minimum absolute atomic E-state index is 0.102. The van der Waals surface area contributed by atoms with E-state index in [1.165, 1.54) is 12.8 Å². The maximum Gasteiger partial charge on any atom is 0.0693 e. The van der Waals surface area contributed by atoms with Crippen LogP contribution in [0.3, 0.4) is 0 Å². The predicted molar refractivity (Wildman–Crippen MR) is 55.7 cm³/mol. The molecule has 0 radical (unpaired) electrons. The second-order valence-electron chi connectivity index (χ2n) is 4.80. The molecule has 1 saturated carbocycles. The van der Waals surface area contributed by atoms with Gasteiger partial charge in [-0.05, 0) is 38.5 Å². The Morgan fingerprint density at radius 2 is 2.00 bits per heavy atom. The molecule has 2 N–H and O–H groups in total. The Labute approximate surface area is 81.7 Å². The van der Waals surface area contributed by atoms with Crippen LogP contribution in [0.2, 0.25) is 0 Å². The van der Waals surface area contributed by atoms with Crippen LogP contribution < -0.4 is 5.32 Å². The van der Waals surface area contributed by atoms with Gasteiger partial charge in [0.25, 0.3) is 0 Å². The lowest BCUT2D eigenvalue weighted by Gasteiger charge is -2.23. The van der Waals surface area contributed by atoms with E-state index < -0.39 is 0 Å². The van der Waals surface area contributed by atoms with E-state index in [9.17, 15) is 5.11 Å². The molecule has 0 aromatic rings. The normalized spacial score (nSPS) is 31.2. The number of aliphatic hydroxyl groups excluding tert-OH is 1. The first-order valence-electron chi connectivity index (χ1n) is 5.53. The van der Waals surface area contributed by atoms with E-state index in [4.69, 9.17) is 0 Å². The van der Waals surface area contributed by atoms with Crippen molar-refractivity contribution in [2.24, 2.45) is 5.92 Å². The topological polar surface area (TPSA) is 32.3 Å². The summed E-state index contributed by atoms with van der Waals surface area (Å²) in [6.45, 7) is 6.69. The van der Waals surface area contributed by atoms with Crippen LogP contribution in [0.15, 0.2) is 0 Å². The summed E-state index contributed by atoms with van der Waals surface area (Å²) in [5.74, 6) is 0.737. The zero-order chi connectivity index (χ0) is 9.84. The maximum atomic E-state index is 9.61. The Kier molecular flexibility index (Phi) is 4.20. The first-order chi connectivity index (χ1) is 6.09. The Bertz CT molecular complexity index is 147. The fourth-order valence-corrected chi connectivity index (χ4v) is 2.28. The largest absolute Gasteiger partial charge is 0.392 e. The highest BCUT2D eigenvalue weighted by molar-refractivity contribution is 4.84. The Balaban J connectivity index is 2.22. The smallest absolute Gasteiger partial charge is 0.0693 e. The molecule has 0 spiro atoms. The van der Waals surface area contributed by atoms with Crippen LogP contribution in [-0.2, 0) is 0 Å². The number of hydrogen-bond acceptors (Lipinski definition) is 2. The third-order valence-corrected chi connectivity index (χ3v) is 2.80. The van der Waals surface area contributed by atoms with Crippen molar-refractivity contribution >= 4 is 0 Å². The van der Waals surface area contributed by atoms with Gasteiger partial charge in [0.15, 0.2) is 0 Å². The average Bonchev–Trinajstić information content (AvgIpc) is 2.34. The number of nitrogens with one attached hydrogen (secondary N) is 1. The molecule has 78 valence electrons. The quantitative estimate of drug-likeness (QED) is 0.701. The summed E-state index contributed by atoms with van der Waals surface area (Å²) in [5, 5.41) is 13.1. The lowest BCUT2D eigenvalue weighted by molar-refractivity contribution is 0.142. The van der Waals surface area contributed by atoms with Crippen molar-refractivity contribution in [3.63, 3.8) is 0 Å². The molecule has 0 amide bonds. The van der Waals surface area contributed by atoms with E-state index in [0.29, 0.717) is 12.1 Å². The van der Waals surface area contributed by atoms with Gasteiger partial charge in [0.1, 0.15) is 0 Å². The second-order valence-corrected chi connectivity index (χ2v) is 4.80. The molecule has 1 unspecified atom stereocenters. The second kappa shape index (κ2) is 4.97. The van der Waals surface area contributed by atoms with Gasteiger partial charge in [-0.2, -0.15) is 0 Å². The molecule has 0 aliphatic heterocycles. The van der Waals surface area contributed by atoms with Crippen molar-refractivity contribution in [3.8, 4) is 0 Å². The zero-order valence-electron chi connectivity index (χ0n) is 9.09. The van der Waals surface area contributed by atoms with Crippen LogP contribution in [0.1, 0.15) is 46.5 Å². The van der Waals surface area contributed by atoms with Crippen LogP contribution in [-0.4, -0.2) is 23.3 Å². The van der Waals surface area contributed by atoms with Gasteiger partial charge in [0.05, 0.1) is 6.10 Å². The highest BCUT2D eigenvalue weighted by atomic mass is 16.3. The first-order valence-corrected chi connectivity index (χ1v) is 5.53. The molecule has 0 aromatic carbocycles. The monoisotopic (exact) mass is 185 g/mol. The van der Waals surface area contributed by atoms with E-state index in [-0.39, 0.29) is 6.10 Å². The summed E-state index contributed by atoms with van der Waals surface area (Å²) < 4.78 is 0. The molecule has 1 rings (SSSR count). The Morgan fingerprint density at radius 1 is 1.31 bits per heavy atom. The molecule has 2 nitrogen and oxygen atoms in total. The zero-order valence-corrected chi connectivity index (χ0v) is 9.09. The van der Waals surface area contributed by atoms with Crippen LogP contribution in [0.25, 0.3) is 0 Å². The summed E-state index contributed by atoms with van der Waals surface area (Å²) in [7, 11) is 0. The van der Waals surface area contributed by atoms with Crippen molar-refractivity contribution in [1.29, 1.82) is 0 Å². The SMILES string of the molecule is CC(C)CC(C)N[C@H]1CCC[C@@H]1O. The van der Waals surface area contributed by atoms with Gasteiger partial charge < -0.3 is 10.4 Å². The van der Waals surface area contributed by atoms with Crippen molar-refractivity contribution in [3.05, 3.63) is 0 Å². The van der Waals surface area contributed by atoms with E-state index >= 15 is 0 Å². The van der Waals surface area contributed by atoms with Crippen LogP contribution >= 0.6 is 0 Å². The minimum Gasteiger partial charge on any atom is -0.392 e. The van der Waals surface area contributed by atoms with Crippen molar-refractivity contribution in [1.82, 2.24) is 5.32 Å². The van der Waals surface area contributed by atoms with E-state index in [1.807, 2.05) is 0 Å². The van der Waals surface area contributed by atoms with E-state index in [0.717, 1.165) is 18.8 Å². The van der Waals surface area contributed by atoms with Gasteiger partial charge in [0, 0.05) is 12.1 Å². The summed E-state index contributed by atoms with van der Waals surface area (Å²) >= 11 is 0. The molecule has 1 aliphatic rings. The highest BCUT2D eigenvalue weighted by Crippen LogP contribution is 2.20. The molecular weight excluding hydrogens is 162 g/mol. The van der Waals surface area contributed by atoms with Crippen LogP contribution in [0, 0.1) is 5.92 Å². The molecule has 1 aliphatic carbocycles. The summed E-state index contributed by atoms with van der Waals surface area (Å²) in [5.41, 5.74) is 0. The lowest BCUT2D eigenvalue weighted by atomic mass is 10.0. The summed E-state index contributed by atoms with van der Waals surface area (Å²) in [6.07, 6.45) is 4.39. The standard InChI is InChI=1S/C11H23NO/c1-8(2)7-9(3)12-10-5-4-6-11(10)13/h8-13H,4-7H2,1-3H3/t9?,10-,11-/m0/s1. The van der Waals surface area contributed by atoms with Crippen molar-refractivity contribution < 1.29 is 5.11 Å². The van der Waals surface area contributed by atoms with Gasteiger partial charge >= 0.3 is 0 Å². The first kappa shape index (κ1) is 11.0. The number of hydrogen-bond donors (Lipinski definition) is 2. The van der Waals surface area contributed by atoms with E-state index in [1.54, 1.807) is 0 Å². The predicted octanol–water partition coefficient (Wildman–Crippen LogP) is 1.92. The van der Waals surface area contributed by atoms with Crippen molar-refractivity contribution in [2.45, 2.75) is 64.6 Å². The van der Waals surface area contributed by atoms with Gasteiger partial charge in [-0.1, -0.05) is 13.8 Å². The van der Waals surface area contributed by atoms with Gasteiger partial charge in [-0.15, -0.1) is 0 Å². The molecular formula is C11H23NO. The van der Waals surface area contributed by atoms with Crippen LogP contribution in [0.4, 0.5) is 0 Å². The third kappa shape index (κ3) is 3.65. The number of rotatable bonds is 4. The van der Waals surface area contributed by atoms with Gasteiger partial charge in [0.2, 0.25) is 0 Å². The fourth-order valence-electron chi connectivity index (χ4n) is 2.28. The average molecular weight is 185 g/mol. The molecule has 0 aromatic heterocycles. The number of aliphatic hydroxyl groups is 1. The highest BCUT2D eigenvalue weighted by Gasteiger charge is 2.25. The minimum atomic E-state index is -0.102. The molecule has 3 atom stereocenters. The molecule has 2 heteroatoms. The molecule has 13 heavy (non-hydrogen) atoms. The molecule has 0 saturated heterocycles. The Hall–Kier alpha value is -0.0800. The fraction of sp³-hybridized carbons (Fsp3) is 1.00. The van der Waals surface area contributed by atoms with Gasteiger partial charge in [-0.3, -0.25) is 0 Å². The maximum absolute atomic E-state index is 9.61. The van der Waals surface area contributed by atoms with Crippen molar-refractivity contribution in [2.75, 3.05) is 0 Å². The van der Waals surface area contributed by atoms with Crippen LogP contribution in [0.5, 0.6) is 0 Å². The Morgan fingerprint density at radius 3 is 2.46 bits per heavy atom. The van der Waals surface area contributed by atoms with E-state index in [2.05, 4.69) is 26.1 Å². The summed E-state index contributed by atoms with van der Waals surface area (Å²) in [6, 6.07) is 0.895. The lowest BCUT2D eigenvalue weighted by Crippen LogP contribution is -2.41. The molecule has 1 fully saturated rings.